The summed E-state index contributed by atoms with van der Waals surface area (Å²) in [5.74, 6) is -3.33. The SMILES string of the molecule is Cc1c(C(=O)NC2(C(F)F)CC2)cc(Nc2nc(-c3cnc4c(c3)N(C3CC(C)(N5CC[C@@H]6C[C@H]5CO6)C3)C(=O)C4(C)C)cc3ncn(C(C)C)c23)c(F)c1F. The second-order valence-corrected chi connectivity index (χ2v) is 17.5. The predicted octanol–water partition coefficient (Wildman–Crippen LogP) is 7.34. The number of likely N-dealkylation sites (tertiary alicyclic amines) is 1. The van der Waals surface area contributed by atoms with Crippen molar-refractivity contribution >= 4 is 40.0 Å². The number of benzene rings is 1. The van der Waals surface area contributed by atoms with Gasteiger partial charge in [-0.15, -0.1) is 0 Å². The van der Waals surface area contributed by atoms with Gasteiger partial charge in [0.25, 0.3) is 12.3 Å². The van der Waals surface area contributed by atoms with E-state index in [1.807, 2.05) is 43.2 Å². The van der Waals surface area contributed by atoms with Crippen molar-refractivity contribution in [1.29, 1.82) is 0 Å². The highest BCUT2D eigenvalue weighted by molar-refractivity contribution is 6.08. The fourth-order valence-corrected chi connectivity index (χ4v) is 9.47. The molecular weight excluding hydrogens is 728 g/mol. The molecule has 11 nitrogen and oxygen atoms in total. The highest BCUT2D eigenvalue weighted by atomic mass is 19.3. The predicted molar refractivity (Wildman–Crippen MR) is 202 cm³/mol. The quantitative estimate of drug-likeness (QED) is 0.170. The number of imidazole rings is 1. The summed E-state index contributed by atoms with van der Waals surface area (Å²) in [7, 11) is 0. The van der Waals surface area contributed by atoms with E-state index in [2.05, 4.69) is 27.4 Å². The van der Waals surface area contributed by atoms with Gasteiger partial charge >= 0.3 is 0 Å². The van der Waals surface area contributed by atoms with Gasteiger partial charge in [-0.3, -0.25) is 19.5 Å². The smallest absolute Gasteiger partial charge is 0.261 e. The van der Waals surface area contributed by atoms with E-state index in [0.717, 1.165) is 50.6 Å². The van der Waals surface area contributed by atoms with Crippen LogP contribution in [0.4, 0.5) is 34.8 Å². The normalized spacial score (nSPS) is 26.2. The lowest BCUT2D eigenvalue weighted by atomic mass is 9.70. The van der Waals surface area contributed by atoms with Gasteiger partial charge in [0.2, 0.25) is 5.91 Å². The van der Waals surface area contributed by atoms with Crippen molar-refractivity contribution in [2.24, 2.45) is 0 Å². The minimum absolute atomic E-state index is 0.00794. The number of fused-ring (bicyclic) bond motifs is 4. The molecule has 2 saturated carbocycles. The summed E-state index contributed by atoms with van der Waals surface area (Å²) in [6.45, 7) is 12.9. The topological polar surface area (TPSA) is 118 Å². The zero-order valence-corrected chi connectivity index (χ0v) is 32.4. The first kappa shape index (κ1) is 37.0. The number of aromatic nitrogens is 4. The van der Waals surface area contributed by atoms with Crippen LogP contribution in [0.5, 0.6) is 0 Å². The molecular formula is C41H46F4N8O3. The molecule has 0 unspecified atom stereocenters. The number of pyridine rings is 2. The summed E-state index contributed by atoms with van der Waals surface area (Å²) in [4.78, 5) is 46.2. The van der Waals surface area contributed by atoms with Crippen molar-refractivity contribution in [3.63, 3.8) is 0 Å². The van der Waals surface area contributed by atoms with Crippen LogP contribution in [0.25, 0.3) is 22.3 Å². The minimum Gasteiger partial charge on any atom is -0.376 e. The number of ether oxygens (including phenoxy) is 1. The van der Waals surface area contributed by atoms with Gasteiger partial charge in [0, 0.05) is 53.1 Å². The Morgan fingerprint density at radius 2 is 1.79 bits per heavy atom. The fraction of sp³-hybridized carbons (Fsp3) is 0.537. The Morgan fingerprint density at radius 3 is 2.48 bits per heavy atom. The monoisotopic (exact) mass is 774 g/mol. The van der Waals surface area contributed by atoms with Crippen molar-refractivity contribution in [3.05, 3.63) is 59.2 Å². The number of halogens is 4. The molecule has 3 aromatic heterocycles. The van der Waals surface area contributed by atoms with Crippen LogP contribution in [0.1, 0.15) is 101 Å². The number of hydrogen-bond donors (Lipinski definition) is 2. The highest BCUT2D eigenvalue weighted by Crippen LogP contribution is 2.51. The highest BCUT2D eigenvalue weighted by Gasteiger charge is 2.57. The van der Waals surface area contributed by atoms with E-state index < -0.39 is 40.6 Å². The van der Waals surface area contributed by atoms with E-state index in [4.69, 9.17) is 14.7 Å². The number of carbonyl (C=O) groups excluding carboxylic acids is 2. The molecule has 0 radical (unpaired) electrons. The van der Waals surface area contributed by atoms with Crippen molar-refractivity contribution in [2.45, 2.75) is 127 Å². The Labute approximate surface area is 322 Å². The number of nitrogens with one attached hydrogen (secondary N) is 2. The molecule has 2 bridgehead atoms. The molecule has 2 amide bonds. The maximum atomic E-state index is 15.7. The number of nitrogens with zero attached hydrogens (tertiary/aromatic N) is 6. The standard InChI is InChI=1S/C41H46F4N8O3/c1-20(2)51-19-47-29-14-27(48-35(33(29)51)49-28-13-26(21(3)31(42)32(28)43)36(54)50-41(8-9-41)37(44)45)22-11-30-34(46-17-22)39(4,5)38(55)53(30)24-15-40(6,16-24)52-10-7-25-12-23(52)18-56-25/h11,13-14,17,19-20,23-25,37H,7-10,12,15-16,18H2,1-6H3,(H,48,49)(H,50,54)/t23-,24?,25+,40?/m0/s1. The lowest BCUT2D eigenvalue weighted by Gasteiger charge is -2.57. The molecule has 6 heterocycles. The fourth-order valence-electron chi connectivity index (χ4n) is 9.47. The number of amides is 2. The number of anilines is 3. The summed E-state index contributed by atoms with van der Waals surface area (Å²) in [6.07, 6.45) is 4.77. The van der Waals surface area contributed by atoms with Crippen LogP contribution in [0.15, 0.2) is 30.7 Å². The summed E-state index contributed by atoms with van der Waals surface area (Å²) in [5, 5.41) is 5.27. The molecule has 5 aliphatic rings. The van der Waals surface area contributed by atoms with Crippen LogP contribution in [-0.2, 0) is 14.9 Å². The molecule has 4 aromatic rings. The first-order valence-corrected chi connectivity index (χ1v) is 19.5. The van der Waals surface area contributed by atoms with Crippen molar-refractivity contribution < 1.29 is 31.9 Å². The van der Waals surface area contributed by atoms with E-state index in [0.29, 0.717) is 40.1 Å². The molecule has 2 N–H and O–H groups in total. The molecule has 2 aliphatic carbocycles. The van der Waals surface area contributed by atoms with Crippen molar-refractivity contribution in [1.82, 2.24) is 29.7 Å². The van der Waals surface area contributed by atoms with Crippen LogP contribution in [0.2, 0.25) is 0 Å². The largest absolute Gasteiger partial charge is 0.376 e. The Balaban J connectivity index is 1.07. The van der Waals surface area contributed by atoms with Crippen LogP contribution < -0.4 is 15.5 Å². The number of rotatable bonds is 9. The maximum Gasteiger partial charge on any atom is 0.261 e. The second kappa shape index (κ2) is 12.7. The van der Waals surface area contributed by atoms with Gasteiger partial charge in [-0.1, -0.05) is 0 Å². The van der Waals surface area contributed by atoms with E-state index in [1.165, 1.54) is 6.92 Å². The Morgan fingerprint density at radius 1 is 1.04 bits per heavy atom. The number of piperidine rings is 1. The van der Waals surface area contributed by atoms with Gasteiger partial charge < -0.3 is 24.8 Å². The number of hydrogen-bond acceptors (Lipinski definition) is 8. The van der Waals surface area contributed by atoms with Crippen LogP contribution in [-0.4, -0.2) is 85.1 Å². The second-order valence-electron chi connectivity index (χ2n) is 17.5. The Bertz CT molecular complexity index is 2300. The minimum atomic E-state index is -2.80. The molecule has 9 rings (SSSR count). The molecule has 1 aromatic carbocycles. The maximum absolute atomic E-state index is 15.7. The lowest BCUT2D eigenvalue weighted by molar-refractivity contribution is -0.124. The van der Waals surface area contributed by atoms with Crippen LogP contribution >= 0.6 is 0 Å². The molecule has 15 heteroatoms. The summed E-state index contributed by atoms with van der Waals surface area (Å²) >= 11 is 0. The average molecular weight is 775 g/mol. The third-order valence-corrected chi connectivity index (χ3v) is 13.0. The van der Waals surface area contributed by atoms with Gasteiger partial charge in [0.1, 0.15) is 11.1 Å². The number of carbonyl (C=O) groups is 2. The molecule has 56 heavy (non-hydrogen) atoms. The van der Waals surface area contributed by atoms with Gasteiger partial charge in [0.05, 0.1) is 52.7 Å². The lowest BCUT2D eigenvalue weighted by Crippen LogP contribution is -2.66. The van der Waals surface area contributed by atoms with Crippen LogP contribution in [0, 0.1) is 18.6 Å². The Hall–Kier alpha value is -4.63. The van der Waals surface area contributed by atoms with Gasteiger partial charge in [-0.25, -0.2) is 27.5 Å². The van der Waals surface area contributed by atoms with Gasteiger partial charge in [0.15, 0.2) is 17.5 Å². The molecule has 0 spiro atoms. The van der Waals surface area contributed by atoms with E-state index >= 15 is 8.78 Å². The van der Waals surface area contributed by atoms with Gasteiger partial charge in [-0.05, 0) is 98.3 Å². The third kappa shape index (κ3) is 5.62. The van der Waals surface area contributed by atoms with Gasteiger partial charge in [-0.2, -0.15) is 0 Å². The molecule has 296 valence electrons. The van der Waals surface area contributed by atoms with E-state index in [-0.39, 0.29) is 53.3 Å². The summed E-state index contributed by atoms with van der Waals surface area (Å²) < 4.78 is 66.4. The first-order valence-electron chi connectivity index (χ1n) is 19.5. The number of alkyl halides is 2. The van der Waals surface area contributed by atoms with E-state index in [9.17, 15) is 18.4 Å². The first-order chi connectivity index (χ1) is 26.5. The zero-order chi connectivity index (χ0) is 39.6. The third-order valence-electron chi connectivity index (χ3n) is 13.0. The molecule has 3 aliphatic heterocycles. The molecule has 2 atom stereocenters. The molecule has 2 saturated heterocycles. The average Bonchev–Trinajstić information content (AvgIpc) is 3.57. The zero-order valence-electron chi connectivity index (χ0n) is 32.4. The van der Waals surface area contributed by atoms with Crippen molar-refractivity contribution in [2.75, 3.05) is 23.4 Å². The van der Waals surface area contributed by atoms with Crippen LogP contribution in [0.3, 0.4) is 0 Å². The summed E-state index contributed by atoms with van der Waals surface area (Å²) in [6, 6.07) is 5.13. The Kier molecular flexibility index (Phi) is 8.38. The summed E-state index contributed by atoms with van der Waals surface area (Å²) in [5.41, 5.74) is -0.108. The van der Waals surface area contributed by atoms with E-state index in [1.54, 1.807) is 18.6 Å². The molecule has 4 fully saturated rings. The van der Waals surface area contributed by atoms with Crippen molar-refractivity contribution in [3.8, 4) is 11.3 Å².